The van der Waals surface area contributed by atoms with Crippen LogP contribution in [0, 0.1) is 11.3 Å². The predicted octanol–water partition coefficient (Wildman–Crippen LogP) is 3.25. The second-order valence-electron chi connectivity index (χ2n) is 5.45. The molecule has 0 spiro atoms. The van der Waals surface area contributed by atoms with Crippen LogP contribution < -0.4 is 0 Å². The summed E-state index contributed by atoms with van der Waals surface area (Å²) in [5, 5.41) is 0. The van der Waals surface area contributed by atoms with E-state index in [9.17, 15) is 0 Å². The van der Waals surface area contributed by atoms with Crippen molar-refractivity contribution in [3.8, 4) is 0 Å². The van der Waals surface area contributed by atoms with Gasteiger partial charge in [-0.3, -0.25) is 0 Å². The van der Waals surface area contributed by atoms with Gasteiger partial charge in [-0.2, -0.15) is 0 Å². The largest absolute Gasteiger partial charge is 0.480 e. The molecule has 0 aromatic rings. The van der Waals surface area contributed by atoms with Gasteiger partial charge in [-0.05, 0) is 37.7 Å². The summed E-state index contributed by atoms with van der Waals surface area (Å²) < 4.78 is 5.43. The summed E-state index contributed by atoms with van der Waals surface area (Å²) in [5.74, 6) is 1.69. The van der Waals surface area contributed by atoms with Crippen molar-refractivity contribution < 1.29 is 4.74 Å². The lowest BCUT2D eigenvalue weighted by molar-refractivity contribution is 0.0690. The van der Waals surface area contributed by atoms with E-state index in [4.69, 9.17) is 4.74 Å². The molecule has 0 bridgehead atoms. The molecule has 88 valence electrons. The normalized spacial score (nSPS) is 19.1. The molecule has 1 aliphatic heterocycles. The summed E-state index contributed by atoms with van der Waals surface area (Å²) >= 11 is 0. The van der Waals surface area contributed by atoms with Crippen molar-refractivity contribution in [3.05, 3.63) is 12.5 Å². The monoisotopic (exact) mass is 211 g/mol. The van der Waals surface area contributed by atoms with Gasteiger partial charge in [-0.1, -0.05) is 20.8 Å². The van der Waals surface area contributed by atoms with E-state index >= 15 is 0 Å². The summed E-state index contributed by atoms with van der Waals surface area (Å²) in [4.78, 5) is 2.27. The Hall–Kier alpha value is -0.660. The highest BCUT2D eigenvalue weighted by atomic mass is 16.5. The highest BCUT2D eigenvalue weighted by molar-refractivity contribution is 4.89. The molecule has 1 saturated heterocycles. The molecule has 0 radical (unpaired) electrons. The number of hydrogen-bond acceptors (Lipinski definition) is 2. The third-order valence-corrected chi connectivity index (χ3v) is 3.38. The zero-order chi connectivity index (χ0) is 11.5. The van der Waals surface area contributed by atoms with E-state index < -0.39 is 0 Å². The van der Waals surface area contributed by atoms with Crippen molar-refractivity contribution >= 4 is 0 Å². The summed E-state index contributed by atoms with van der Waals surface area (Å²) in [6, 6.07) is 0. The van der Waals surface area contributed by atoms with Crippen LogP contribution in [0.2, 0.25) is 0 Å². The maximum Gasteiger partial charge on any atom is 0.181 e. The number of hydrogen-bond donors (Lipinski definition) is 0. The van der Waals surface area contributed by atoms with Crippen molar-refractivity contribution in [2.75, 3.05) is 19.7 Å². The van der Waals surface area contributed by atoms with E-state index in [1.165, 1.54) is 12.8 Å². The van der Waals surface area contributed by atoms with Gasteiger partial charge in [0.2, 0.25) is 0 Å². The van der Waals surface area contributed by atoms with Gasteiger partial charge in [0.1, 0.15) is 0 Å². The number of rotatable bonds is 3. The van der Waals surface area contributed by atoms with E-state index in [1.54, 1.807) is 0 Å². The van der Waals surface area contributed by atoms with Gasteiger partial charge in [-0.25, -0.2) is 0 Å². The Morgan fingerprint density at radius 2 is 1.87 bits per heavy atom. The number of nitrogens with zero attached hydrogens (tertiary/aromatic N) is 1. The molecule has 0 unspecified atom stereocenters. The molecule has 1 aliphatic rings. The van der Waals surface area contributed by atoms with Crippen molar-refractivity contribution in [2.45, 2.75) is 40.5 Å². The summed E-state index contributed by atoms with van der Waals surface area (Å²) in [6.45, 7) is 15.9. The fraction of sp³-hybridized carbons (Fsp3) is 0.846. The number of ether oxygens (including phenoxy) is 1. The van der Waals surface area contributed by atoms with Crippen molar-refractivity contribution in [3.63, 3.8) is 0 Å². The maximum atomic E-state index is 5.43. The highest BCUT2D eigenvalue weighted by Crippen LogP contribution is 2.34. The zero-order valence-corrected chi connectivity index (χ0v) is 10.7. The third-order valence-electron chi connectivity index (χ3n) is 3.38. The Balaban J connectivity index is 2.39. The second kappa shape index (κ2) is 4.91. The van der Waals surface area contributed by atoms with Gasteiger partial charge in [-0.15, -0.1) is 0 Å². The highest BCUT2D eigenvalue weighted by Gasteiger charge is 2.29. The Bertz CT molecular complexity index is 209. The van der Waals surface area contributed by atoms with Gasteiger partial charge >= 0.3 is 0 Å². The average molecular weight is 211 g/mol. The molecule has 0 aromatic carbocycles. The molecule has 1 heterocycles. The van der Waals surface area contributed by atoms with Gasteiger partial charge in [0.05, 0.1) is 6.61 Å². The molecule has 0 aromatic heterocycles. The first kappa shape index (κ1) is 12.4. The van der Waals surface area contributed by atoms with Crippen molar-refractivity contribution in [1.82, 2.24) is 4.90 Å². The van der Waals surface area contributed by atoms with Crippen LogP contribution in [0.5, 0.6) is 0 Å². The first-order valence-corrected chi connectivity index (χ1v) is 6.01. The summed E-state index contributed by atoms with van der Waals surface area (Å²) in [5.41, 5.74) is 0.443. The summed E-state index contributed by atoms with van der Waals surface area (Å²) in [6.07, 6.45) is 2.52. The molecule has 0 amide bonds. The van der Waals surface area contributed by atoms with Gasteiger partial charge in [0.25, 0.3) is 0 Å². The smallest absolute Gasteiger partial charge is 0.181 e. The fourth-order valence-corrected chi connectivity index (χ4v) is 2.25. The molecule has 0 aliphatic carbocycles. The van der Waals surface area contributed by atoms with Gasteiger partial charge < -0.3 is 9.64 Å². The summed E-state index contributed by atoms with van der Waals surface area (Å²) in [7, 11) is 0. The minimum atomic E-state index is 0.443. The number of piperidine rings is 1. The molecule has 0 saturated carbocycles. The lowest BCUT2D eigenvalue weighted by Gasteiger charge is -2.39. The minimum absolute atomic E-state index is 0.443. The van der Waals surface area contributed by atoms with Crippen LogP contribution in [0.4, 0.5) is 0 Å². The Morgan fingerprint density at radius 1 is 1.33 bits per heavy atom. The van der Waals surface area contributed by atoms with Crippen molar-refractivity contribution in [2.24, 2.45) is 11.3 Å². The quantitative estimate of drug-likeness (QED) is 0.664. The number of likely N-dealkylation sites (tertiary alicyclic amines) is 1. The van der Waals surface area contributed by atoms with Gasteiger partial charge in [0, 0.05) is 13.1 Å². The Kier molecular flexibility index (Phi) is 4.06. The van der Waals surface area contributed by atoms with Crippen LogP contribution in [0.25, 0.3) is 0 Å². The van der Waals surface area contributed by atoms with Crippen LogP contribution in [0.1, 0.15) is 40.5 Å². The van der Waals surface area contributed by atoms with E-state index in [0.717, 1.165) is 31.5 Å². The molecule has 1 rings (SSSR count). The first-order chi connectivity index (χ1) is 6.95. The minimum Gasteiger partial charge on any atom is -0.480 e. The second-order valence-corrected chi connectivity index (χ2v) is 5.45. The molecule has 0 N–H and O–H groups in total. The molecule has 15 heavy (non-hydrogen) atoms. The Morgan fingerprint density at radius 3 is 2.27 bits per heavy atom. The first-order valence-electron chi connectivity index (χ1n) is 6.01. The third kappa shape index (κ3) is 3.44. The molecule has 1 fully saturated rings. The maximum absolute atomic E-state index is 5.43. The molecular weight excluding hydrogens is 186 g/mol. The zero-order valence-electron chi connectivity index (χ0n) is 10.7. The topological polar surface area (TPSA) is 12.5 Å². The van der Waals surface area contributed by atoms with E-state index in [2.05, 4.69) is 32.3 Å². The molecular formula is C13H25NO. The van der Waals surface area contributed by atoms with Gasteiger partial charge in [0.15, 0.2) is 5.88 Å². The fourth-order valence-electron chi connectivity index (χ4n) is 2.25. The van der Waals surface area contributed by atoms with E-state index in [0.29, 0.717) is 5.41 Å². The van der Waals surface area contributed by atoms with Crippen LogP contribution in [-0.2, 0) is 4.74 Å². The SMILES string of the molecule is C=C(OCC)N1CCC(C(C)(C)C)CC1. The van der Waals surface area contributed by atoms with Crippen molar-refractivity contribution in [1.29, 1.82) is 0 Å². The van der Waals surface area contributed by atoms with E-state index in [1.807, 2.05) is 6.92 Å². The van der Waals surface area contributed by atoms with Crippen LogP contribution in [0.3, 0.4) is 0 Å². The Labute approximate surface area is 94.3 Å². The molecule has 2 nitrogen and oxygen atoms in total. The average Bonchev–Trinajstić information content (AvgIpc) is 2.17. The molecule has 0 atom stereocenters. The standard InChI is InChI=1S/C13H25NO/c1-6-15-11(2)14-9-7-12(8-10-14)13(3,4)5/h12H,2,6-10H2,1,3-5H3. The lowest BCUT2D eigenvalue weighted by atomic mass is 9.75. The van der Waals surface area contributed by atoms with Crippen LogP contribution >= 0.6 is 0 Å². The van der Waals surface area contributed by atoms with Crippen LogP contribution in [0.15, 0.2) is 12.5 Å². The van der Waals surface area contributed by atoms with Crippen LogP contribution in [-0.4, -0.2) is 24.6 Å². The van der Waals surface area contributed by atoms with E-state index in [-0.39, 0.29) is 0 Å². The molecule has 2 heteroatoms. The lowest BCUT2D eigenvalue weighted by Crippen LogP contribution is -2.37. The predicted molar refractivity (Wildman–Crippen MR) is 64.5 cm³/mol.